The van der Waals surface area contributed by atoms with E-state index in [0.29, 0.717) is 35.6 Å². The number of benzene rings is 2. The fourth-order valence-corrected chi connectivity index (χ4v) is 5.04. The molecule has 0 amide bonds. The Morgan fingerprint density at radius 3 is 2.32 bits per heavy atom. The third kappa shape index (κ3) is 4.49. The molecule has 4 rings (SSSR count). The molecule has 0 aromatic heterocycles. The number of carbonyl (C=O) groups excluding carboxylic acids is 2. The molecule has 2 aromatic rings. The molecule has 6 nitrogen and oxygen atoms in total. The van der Waals surface area contributed by atoms with Gasteiger partial charge in [-0.2, -0.15) is 0 Å². The second kappa shape index (κ2) is 9.84. The maximum Gasteiger partial charge on any atom is 0.315 e. The largest absolute Gasteiger partial charge is 0.493 e. The Kier molecular flexibility index (Phi) is 6.87. The van der Waals surface area contributed by atoms with Crippen LogP contribution in [0.3, 0.4) is 0 Å². The van der Waals surface area contributed by atoms with E-state index in [9.17, 15) is 9.59 Å². The van der Waals surface area contributed by atoms with Crippen LogP contribution in [0.4, 0.5) is 0 Å². The van der Waals surface area contributed by atoms with Crippen molar-refractivity contribution in [2.45, 2.75) is 51.6 Å². The molecular weight excluding hydrogens is 430 g/mol. The minimum Gasteiger partial charge on any atom is -0.493 e. The zero-order valence-corrected chi connectivity index (χ0v) is 20.3. The van der Waals surface area contributed by atoms with Gasteiger partial charge < -0.3 is 14.2 Å². The lowest BCUT2D eigenvalue weighted by Gasteiger charge is -2.37. The molecule has 178 valence electrons. The van der Waals surface area contributed by atoms with Gasteiger partial charge in [0.05, 0.1) is 20.3 Å². The summed E-state index contributed by atoms with van der Waals surface area (Å²) in [6.07, 6.45) is 0.761. The summed E-state index contributed by atoms with van der Waals surface area (Å²) in [6, 6.07) is 15.6. The standard InChI is InChI=1S/C28H31NO5/c1-16(2)34-28(31)25-17(3)29-21-13-20(18-9-7-6-8-10-18)14-22(30)27(21)26(25)19-11-12-23(32-4)24(15-19)33-5/h6-12,15-16,20,25-26H,13-14H2,1-5H3/t20-,25?,26-/m1/s1. The molecule has 0 bridgehead atoms. The normalized spacial score (nSPS) is 22.2. The van der Waals surface area contributed by atoms with Crippen LogP contribution in [-0.2, 0) is 14.3 Å². The summed E-state index contributed by atoms with van der Waals surface area (Å²) in [5.41, 5.74) is 3.95. The van der Waals surface area contributed by atoms with Gasteiger partial charge in [0.1, 0.15) is 5.92 Å². The average Bonchev–Trinajstić information content (AvgIpc) is 2.82. The Morgan fingerprint density at radius 2 is 1.68 bits per heavy atom. The molecule has 0 N–H and O–H groups in total. The number of rotatable bonds is 6. The van der Waals surface area contributed by atoms with E-state index >= 15 is 0 Å². The molecule has 1 heterocycles. The molecule has 0 fully saturated rings. The summed E-state index contributed by atoms with van der Waals surface area (Å²) in [5, 5.41) is 0. The summed E-state index contributed by atoms with van der Waals surface area (Å²) in [6.45, 7) is 5.49. The van der Waals surface area contributed by atoms with E-state index < -0.39 is 11.8 Å². The number of allylic oxidation sites excluding steroid dienone is 2. The first-order chi connectivity index (χ1) is 16.3. The van der Waals surface area contributed by atoms with Crippen LogP contribution in [0.15, 0.2) is 64.8 Å². The van der Waals surface area contributed by atoms with Crippen LogP contribution < -0.4 is 9.47 Å². The van der Waals surface area contributed by atoms with Gasteiger partial charge in [0, 0.05) is 29.3 Å². The molecule has 0 radical (unpaired) electrons. The van der Waals surface area contributed by atoms with Crippen LogP contribution in [0.1, 0.15) is 56.6 Å². The van der Waals surface area contributed by atoms with Crippen LogP contribution in [0.25, 0.3) is 0 Å². The van der Waals surface area contributed by atoms with Crippen LogP contribution in [0.5, 0.6) is 11.5 Å². The SMILES string of the molecule is COc1ccc([C@H]2C3=C(C[C@@H](c4ccccc4)CC3=O)N=C(C)C2C(=O)OC(C)C)cc1OC. The molecule has 3 atom stereocenters. The van der Waals surface area contributed by atoms with E-state index in [1.54, 1.807) is 20.3 Å². The van der Waals surface area contributed by atoms with E-state index in [1.807, 2.05) is 51.1 Å². The number of Topliss-reactive ketones (excluding diaryl/α,β-unsaturated/α-hetero) is 1. The lowest BCUT2D eigenvalue weighted by atomic mass is 9.69. The number of methoxy groups -OCH3 is 2. The molecule has 0 saturated heterocycles. The summed E-state index contributed by atoms with van der Waals surface area (Å²) in [5.74, 6) is -0.340. The van der Waals surface area contributed by atoms with Crippen molar-refractivity contribution in [2.24, 2.45) is 10.9 Å². The Labute approximate surface area is 200 Å². The van der Waals surface area contributed by atoms with E-state index in [-0.39, 0.29) is 23.8 Å². The smallest absolute Gasteiger partial charge is 0.315 e. The second-order valence-electron chi connectivity index (χ2n) is 9.11. The van der Waals surface area contributed by atoms with E-state index in [4.69, 9.17) is 19.2 Å². The van der Waals surface area contributed by atoms with Gasteiger partial charge in [0.15, 0.2) is 17.3 Å². The quantitative estimate of drug-likeness (QED) is 0.551. The van der Waals surface area contributed by atoms with Crippen molar-refractivity contribution in [3.63, 3.8) is 0 Å². The van der Waals surface area contributed by atoms with Crippen molar-refractivity contribution in [1.29, 1.82) is 0 Å². The van der Waals surface area contributed by atoms with Crippen LogP contribution in [0.2, 0.25) is 0 Å². The van der Waals surface area contributed by atoms with Crippen molar-refractivity contribution in [2.75, 3.05) is 14.2 Å². The van der Waals surface area contributed by atoms with Gasteiger partial charge >= 0.3 is 5.97 Å². The summed E-state index contributed by atoms with van der Waals surface area (Å²) in [4.78, 5) is 31.7. The number of hydrogen-bond donors (Lipinski definition) is 0. The van der Waals surface area contributed by atoms with Crippen molar-refractivity contribution in [3.05, 3.63) is 70.9 Å². The first kappa shape index (κ1) is 23.7. The first-order valence-electron chi connectivity index (χ1n) is 11.6. The number of ether oxygens (including phenoxy) is 3. The van der Waals surface area contributed by atoms with Gasteiger partial charge in [-0.3, -0.25) is 14.6 Å². The lowest BCUT2D eigenvalue weighted by molar-refractivity contribution is -0.150. The lowest BCUT2D eigenvalue weighted by Crippen LogP contribution is -2.38. The number of carbonyl (C=O) groups is 2. The topological polar surface area (TPSA) is 74.2 Å². The number of hydrogen-bond acceptors (Lipinski definition) is 6. The van der Waals surface area contributed by atoms with E-state index in [2.05, 4.69) is 12.1 Å². The molecule has 6 heteroatoms. The predicted molar refractivity (Wildman–Crippen MR) is 131 cm³/mol. The number of nitrogens with zero attached hydrogens (tertiary/aromatic N) is 1. The molecule has 2 aliphatic rings. The highest BCUT2D eigenvalue weighted by atomic mass is 16.5. The Morgan fingerprint density at radius 1 is 0.971 bits per heavy atom. The third-order valence-electron chi connectivity index (χ3n) is 6.53. The van der Waals surface area contributed by atoms with Crippen molar-refractivity contribution < 1.29 is 23.8 Å². The van der Waals surface area contributed by atoms with Gasteiger partial charge in [-0.1, -0.05) is 36.4 Å². The van der Waals surface area contributed by atoms with E-state index in [1.165, 1.54) is 0 Å². The summed E-state index contributed by atoms with van der Waals surface area (Å²) >= 11 is 0. The molecule has 1 unspecified atom stereocenters. The summed E-state index contributed by atoms with van der Waals surface area (Å²) in [7, 11) is 3.15. The molecule has 1 aliphatic carbocycles. The maximum absolute atomic E-state index is 13.6. The summed E-state index contributed by atoms with van der Waals surface area (Å²) < 4.78 is 16.5. The second-order valence-corrected chi connectivity index (χ2v) is 9.11. The first-order valence-corrected chi connectivity index (χ1v) is 11.6. The molecule has 0 saturated carbocycles. The number of esters is 1. The van der Waals surface area contributed by atoms with Gasteiger partial charge in [-0.25, -0.2) is 0 Å². The minimum atomic E-state index is -0.684. The monoisotopic (exact) mass is 461 g/mol. The molecular formula is C28H31NO5. The highest BCUT2D eigenvalue weighted by Gasteiger charge is 2.45. The highest BCUT2D eigenvalue weighted by molar-refractivity contribution is 6.09. The average molecular weight is 462 g/mol. The van der Waals surface area contributed by atoms with E-state index in [0.717, 1.165) is 16.8 Å². The Bertz CT molecular complexity index is 1150. The van der Waals surface area contributed by atoms with Crippen LogP contribution in [0, 0.1) is 5.92 Å². The van der Waals surface area contributed by atoms with Crippen molar-refractivity contribution >= 4 is 17.5 Å². The van der Waals surface area contributed by atoms with Crippen LogP contribution in [-0.4, -0.2) is 37.8 Å². The Balaban J connectivity index is 1.83. The van der Waals surface area contributed by atoms with Crippen LogP contribution >= 0.6 is 0 Å². The third-order valence-corrected chi connectivity index (χ3v) is 6.53. The molecule has 34 heavy (non-hydrogen) atoms. The molecule has 1 aliphatic heterocycles. The number of ketones is 1. The highest BCUT2D eigenvalue weighted by Crippen LogP contribution is 2.48. The van der Waals surface area contributed by atoms with Crippen molar-refractivity contribution in [1.82, 2.24) is 0 Å². The van der Waals surface area contributed by atoms with Gasteiger partial charge in [0.25, 0.3) is 0 Å². The molecule has 2 aromatic carbocycles. The van der Waals surface area contributed by atoms with Gasteiger partial charge in [0.2, 0.25) is 0 Å². The fraction of sp³-hybridized carbons (Fsp3) is 0.393. The predicted octanol–water partition coefficient (Wildman–Crippen LogP) is 5.23. The number of aliphatic imine (C=N–C) groups is 1. The van der Waals surface area contributed by atoms with Gasteiger partial charge in [-0.05, 0) is 56.4 Å². The molecule has 0 spiro atoms. The van der Waals surface area contributed by atoms with Gasteiger partial charge in [-0.15, -0.1) is 0 Å². The maximum atomic E-state index is 13.6. The zero-order valence-electron chi connectivity index (χ0n) is 20.3. The zero-order chi connectivity index (χ0) is 24.4. The Hall–Kier alpha value is -3.41. The fourth-order valence-electron chi connectivity index (χ4n) is 5.04. The van der Waals surface area contributed by atoms with Crippen molar-refractivity contribution in [3.8, 4) is 11.5 Å². The minimum absolute atomic E-state index is 0.0217.